The van der Waals surface area contributed by atoms with Crippen LogP contribution in [0.3, 0.4) is 0 Å². The van der Waals surface area contributed by atoms with Gasteiger partial charge in [-0.15, -0.1) is 0 Å². The molecule has 36 heavy (non-hydrogen) atoms. The largest absolute Gasteiger partial charge is 0.400 e. The van der Waals surface area contributed by atoms with Gasteiger partial charge in [0.25, 0.3) is 5.89 Å². The molecule has 1 unspecified atom stereocenters. The number of imidazole rings is 1. The van der Waals surface area contributed by atoms with E-state index in [2.05, 4.69) is 38.6 Å². The molecule has 2 heterocycles. The number of hydrogen-bond acceptors (Lipinski definition) is 7. The minimum absolute atomic E-state index is 0.113. The maximum absolute atomic E-state index is 6.25. The summed E-state index contributed by atoms with van der Waals surface area (Å²) in [6.07, 6.45) is 6.58. The Labute approximate surface area is 209 Å². The number of aromatic nitrogens is 4. The molecule has 4 aromatic rings. The number of para-hydroxylation sites is 2. The highest BCUT2D eigenvalue weighted by molar-refractivity contribution is 5.75. The Hall–Kier alpha value is -3.75. The molecule has 0 aliphatic heterocycles. The molecule has 0 saturated heterocycles. The van der Waals surface area contributed by atoms with E-state index in [-0.39, 0.29) is 18.2 Å². The Bertz CT molecular complexity index is 1430. The van der Waals surface area contributed by atoms with Gasteiger partial charge in [0, 0.05) is 22.9 Å². The van der Waals surface area contributed by atoms with Gasteiger partial charge in [-0.2, -0.15) is 4.98 Å². The molecule has 2 aliphatic carbocycles. The van der Waals surface area contributed by atoms with Gasteiger partial charge in [-0.3, -0.25) is 0 Å². The number of ether oxygens (including phenoxy) is 1. The SMILES string of the molecule is CC(C)OC1CC=C(c2nc(-c3cccc4c3CC[C@@H]4NCc3nc4ccccc4[nH]3)no2)C=C1N. The molecule has 0 bridgehead atoms. The summed E-state index contributed by atoms with van der Waals surface area (Å²) in [5, 5.41) is 7.98. The lowest BCUT2D eigenvalue weighted by atomic mass is 10.0. The van der Waals surface area contributed by atoms with Gasteiger partial charge in [0.05, 0.1) is 23.7 Å². The smallest absolute Gasteiger partial charge is 0.257 e. The van der Waals surface area contributed by atoms with Gasteiger partial charge >= 0.3 is 0 Å². The fraction of sp³-hybridized carbons (Fsp3) is 0.321. The number of rotatable bonds is 7. The summed E-state index contributed by atoms with van der Waals surface area (Å²) in [5.74, 6) is 2.03. The van der Waals surface area contributed by atoms with Crippen molar-refractivity contribution >= 4 is 16.6 Å². The van der Waals surface area contributed by atoms with Gasteiger partial charge in [0.1, 0.15) is 11.9 Å². The van der Waals surface area contributed by atoms with E-state index >= 15 is 0 Å². The van der Waals surface area contributed by atoms with E-state index in [1.165, 1.54) is 11.1 Å². The normalized spacial score (nSPS) is 19.5. The van der Waals surface area contributed by atoms with Crippen LogP contribution in [-0.4, -0.2) is 32.3 Å². The van der Waals surface area contributed by atoms with E-state index in [0.717, 1.165) is 40.8 Å². The van der Waals surface area contributed by atoms with Gasteiger partial charge < -0.3 is 25.3 Å². The van der Waals surface area contributed by atoms with Crippen LogP contribution in [-0.2, 0) is 17.7 Å². The van der Waals surface area contributed by atoms with Gasteiger partial charge in [-0.1, -0.05) is 41.6 Å². The van der Waals surface area contributed by atoms with E-state index in [1.54, 1.807) is 0 Å². The molecule has 184 valence electrons. The number of allylic oxidation sites excluding steroid dienone is 2. The van der Waals surface area contributed by atoms with Gasteiger partial charge in [0.15, 0.2) is 0 Å². The van der Waals surface area contributed by atoms with E-state index in [0.29, 0.717) is 30.4 Å². The highest BCUT2D eigenvalue weighted by atomic mass is 16.5. The van der Waals surface area contributed by atoms with Gasteiger partial charge in [0.2, 0.25) is 5.82 Å². The fourth-order valence-electron chi connectivity index (χ4n) is 5.15. The molecule has 0 saturated carbocycles. The Balaban J connectivity index is 1.18. The topological polar surface area (TPSA) is 115 Å². The first-order chi connectivity index (χ1) is 17.5. The summed E-state index contributed by atoms with van der Waals surface area (Å²) in [7, 11) is 0. The minimum atomic E-state index is -0.113. The summed E-state index contributed by atoms with van der Waals surface area (Å²) in [4.78, 5) is 12.8. The lowest BCUT2D eigenvalue weighted by molar-refractivity contribution is 0.0295. The van der Waals surface area contributed by atoms with Crippen LogP contribution in [0.2, 0.25) is 0 Å². The standard InChI is InChI=1S/C28H30N6O2/c1-16(2)35-25-13-10-17(14-21(25)29)28-33-27(34-36-28)20-7-5-6-19-18(20)11-12-22(19)30-15-26-31-23-8-3-4-9-24(23)32-26/h3-10,14,16,22,25,30H,11-13,15,29H2,1-2H3,(H,31,32)/t22-,25?/m0/s1. The Morgan fingerprint density at radius 3 is 2.89 bits per heavy atom. The number of hydrogen-bond donors (Lipinski definition) is 3. The molecular formula is C28H30N6O2. The second kappa shape index (κ2) is 9.37. The van der Waals surface area contributed by atoms with E-state index in [9.17, 15) is 0 Å². The van der Waals surface area contributed by atoms with Crippen molar-refractivity contribution in [1.82, 2.24) is 25.4 Å². The third-order valence-electron chi connectivity index (χ3n) is 6.82. The first-order valence-electron chi connectivity index (χ1n) is 12.5. The predicted octanol–water partition coefficient (Wildman–Crippen LogP) is 4.81. The van der Waals surface area contributed by atoms with Crippen molar-refractivity contribution in [3.63, 3.8) is 0 Å². The van der Waals surface area contributed by atoms with E-state index in [1.807, 2.05) is 50.3 Å². The monoisotopic (exact) mass is 482 g/mol. The van der Waals surface area contributed by atoms with Crippen LogP contribution in [0.1, 0.15) is 55.6 Å². The number of fused-ring (bicyclic) bond motifs is 2. The number of H-pyrrole nitrogens is 1. The molecule has 8 nitrogen and oxygen atoms in total. The summed E-state index contributed by atoms with van der Waals surface area (Å²) in [5.41, 5.74) is 13.4. The zero-order valence-electron chi connectivity index (χ0n) is 20.5. The quantitative estimate of drug-likeness (QED) is 0.346. The number of aromatic amines is 1. The molecule has 8 heteroatoms. The second-order valence-electron chi connectivity index (χ2n) is 9.68. The number of nitrogens with zero attached hydrogens (tertiary/aromatic N) is 3. The van der Waals surface area contributed by atoms with Crippen molar-refractivity contribution < 1.29 is 9.26 Å². The van der Waals surface area contributed by atoms with Crippen molar-refractivity contribution in [1.29, 1.82) is 0 Å². The molecule has 4 N–H and O–H groups in total. The molecule has 0 radical (unpaired) electrons. The fourth-order valence-corrected chi connectivity index (χ4v) is 5.15. The van der Waals surface area contributed by atoms with Crippen molar-refractivity contribution in [3.8, 4) is 11.4 Å². The Morgan fingerprint density at radius 1 is 1.17 bits per heavy atom. The van der Waals surface area contributed by atoms with Crippen LogP contribution >= 0.6 is 0 Å². The van der Waals surface area contributed by atoms with Gasteiger partial charge in [-0.25, -0.2) is 4.98 Å². The van der Waals surface area contributed by atoms with E-state index in [4.69, 9.17) is 20.0 Å². The molecular weight excluding hydrogens is 452 g/mol. The van der Waals surface area contributed by atoms with Gasteiger partial charge in [-0.05, 0) is 62.4 Å². The first-order valence-corrected chi connectivity index (χ1v) is 12.5. The maximum atomic E-state index is 6.25. The van der Waals surface area contributed by atoms with Crippen molar-refractivity contribution in [3.05, 3.63) is 83.2 Å². The number of nitrogens with one attached hydrogen (secondary N) is 2. The molecule has 2 aromatic heterocycles. The average molecular weight is 483 g/mol. The minimum Gasteiger partial charge on any atom is -0.400 e. The molecule has 0 spiro atoms. The number of nitrogens with two attached hydrogens (primary N) is 1. The first kappa shape index (κ1) is 22.7. The molecule has 2 aromatic carbocycles. The molecule has 6 rings (SSSR count). The second-order valence-corrected chi connectivity index (χ2v) is 9.68. The van der Waals surface area contributed by atoms with Crippen LogP contribution in [0.15, 0.2) is 64.8 Å². The van der Waals surface area contributed by atoms with Crippen molar-refractivity contribution in [2.24, 2.45) is 5.73 Å². The van der Waals surface area contributed by atoms with Crippen LogP contribution in [0.4, 0.5) is 0 Å². The number of benzene rings is 2. The predicted molar refractivity (Wildman–Crippen MR) is 139 cm³/mol. The lowest BCUT2D eigenvalue weighted by Gasteiger charge is -2.22. The highest BCUT2D eigenvalue weighted by Crippen LogP contribution is 2.37. The summed E-state index contributed by atoms with van der Waals surface area (Å²) >= 11 is 0. The van der Waals surface area contributed by atoms with Crippen LogP contribution in [0.25, 0.3) is 28.0 Å². The van der Waals surface area contributed by atoms with Crippen LogP contribution in [0.5, 0.6) is 0 Å². The summed E-state index contributed by atoms with van der Waals surface area (Å²) < 4.78 is 11.5. The van der Waals surface area contributed by atoms with Crippen molar-refractivity contribution in [2.75, 3.05) is 0 Å². The third kappa shape index (κ3) is 4.34. The van der Waals surface area contributed by atoms with Crippen molar-refractivity contribution in [2.45, 2.75) is 57.9 Å². The van der Waals surface area contributed by atoms with E-state index < -0.39 is 0 Å². The third-order valence-corrected chi connectivity index (χ3v) is 6.82. The summed E-state index contributed by atoms with van der Waals surface area (Å²) in [6, 6.07) is 14.7. The molecule has 0 fully saturated rings. The lowest BCUT2D eigenvalue weighted by Crippen LogP contribution is -2.26. The molecule has 2 aliphatic rings. The Morgan fingerprint density at radius 2 is 2.06 bits per heavy atom. The zero-order valence-corrected chi connectivity index (χ0v) is 20.5. The molecule has 2 atom stereocenters. The van der Waals surface area contributed by atoms with Crippen LogP contribution < -0.4 is 11.1 Å². The molecule has 0 amide bonds. The summed E-state index contributed by atoms with van der Waals surface area (Å²) in [6.45, 7) is 4.70. The zero-order chi connectivity index (χ0) is 24.6. The maximum Gasteiger partial charge on any atom is 0.257 e. The average Bonchev–Trinajstić information content (AvgIpc) is 3.61. The highest BCUT2D eigenvalue weighted by Gasteiger charge is 2.27. The van der Waals surface area contributed by atoms with Crippen LogP contribution in [0, 0.1) is 0 Å². The Kier molecular flexibility index (Phi) is 5.91.